The predicted molar refractivity (Wildman–Crippen MR) is 91.6 cm³/mol. The molecule has 0 spiro atoms. The molecule has 1 aliphatic heterocycles. The smallest absolute Gasteiger partial charge is 0.465 e. The Hall–Kier alpha value is -1.26. The van der Waals surface area contributed by atoms with Crippen molar-refractivity contribution in [3.05, 3.63) is 35.1 Å². The Labute approximate surface area is 133 Å². The van der Waals surface area contributed by atoms with E-state index in [1.54, 1.807) is 6.26 Å². The van der Waals surface area contributed by atoms with Gasteiger partial charge in [0.05, 0.1) is 17.5 Å². The van der Waals surface area contributed by atoms with Crippen molar-refractivity contribution in [2.24, 2.45) is 0 Å². The van der Waals surface area contributed by atoms with Crippen LogP contribution >= 0.6 is 0 Å². The lowest BCUT2D eigenvalue weighted by molar-refractivity contribution is 0.00578. The van der Waals surface area contributed by atoms with E-state index in [2.05, 4.69) is 59.8 Å². The molecule has 1 fully saturated rings. The van der Waals surface area contributed by atoms with Crippen molar-refractivity contribution in [2.75, 3.05) is 0 Å². The van der Waals surface area contributed by atoms with Crippen LogP contribution in [-0.2, 0) is 9.31 Å². The minimum absolute atomic E-state index is 0.357. The number of hydrogen-bond acceptors (Lipinski definition) is 3. The zero-order valence-corrected chi connectivity index (χ0v) is 14.6. The van der Waals surface area contributed by atoms with E-state index < -0.39 is 7.12 Å². The van der Waals surface area contributed by atoms with Crippen molar-refractivity contribution >= 4 is 18.7 Å². The van der Waals surface area contributed by atoms with Gasteiger partial charge < -0.3 is 13.7 Å². The lowest BCUT2D eigenvalue weighted by atomic mass is 9.77. The fourth-order valence-corrected chi connectivity index (χ4v) is 2.41. The molecule has 4 heteroatoms. The Morgan fingerprint density at radius 2 is 1.73 bits per heavy atom. The second-order valence-corrected chi connectivity index (χ2v) is 6.67. The number of allylic oxidation sites excluding steroid dienone is 2. The SMILES string of the molecule is CCC=CC(B1OC(C)(C)C(C)(C)O1)=c1occc1=CCC. The van der Waals surface area contributed by atoms with Crippen LogP contribution in [0.15, 0.2) is 28.9 Å². The van der Waals surface area contributed by atoms with Gasteiger partial charge in [-0.1, -0.05) is 32.1 Å². The summed E-state index contributed by atoms with van der Waals surface area (Å²) in [5.41, 5.74) is 1.07. The van der Waals surface area contributed by atoms with Crippen molar-refractivity contribution in [3.8, 4) is 0 Å². The molecular formula is C18H27BO3. The van der Waals surface area contributed by atoms with Crippen LogP contribution in [0.25, 0.3) is 11.5 Å². The average molecular weight is 302 g/mol. The Morgan fingerprint density at radius 3 is 2.27 bits per heavy atom. The zero-order valence-electron chi connectivity index (χ0n) is 14.6. The minimum atomic E-state index is -0.414. The van der Waals surface area contributed by atoms with Gasteiger partial charge in [-0.2, -0.15) is 0 Å². The van der Waals surface area contributed by atoms with Gasteiger partial charge in [0, 0.05) is 10.7 Å². The van der Waals surface area contributed by atoms with E-state index in [-0.39, 0.29) is 11.2 Å². The van der Waals surface area contributed by atoms with Crippen LogP contribution in [0.4, 0.5) is 0 Å². The van der Waals surface area contributed by atoms with Gasteiger partial charge in [-0.25, -0.2) is 0 Å². The topological polar surface area (TPSA) is 31.6 Å². The van der Waals surface area contributed by atoms with Gasteiger partial charge in [-0.3, -0.25) is 0 Å². The average Bonchev–Trinajstić information content (AvgIpc) is 2.94. The second-order valence-electron chi connectivity index (χ2n) is 6.67. The Bertz CT molecular complexity index is 636. The summed E-state index contributed by atoms with van der Waals surface area (Å²) < 4.78 is 18.1. The number of furan rings is 1. The maximum atomic E-state index is 6.20. The lowest BCUT2D eigenvalue weighted by Gasteiger charge is -2.32. The van der Waals surface area contributed by atoms with Gasteiger partial charge >= 0.3 is 7.12 Å². The minimum Gasteiger partial charge on any atom is -0.465 e. The summed E-state index contributed by atoms with van der Waals surface area (Å²) in [6.07, 6.45) is 9.97. The molecule has 0 radical (unpaired) electrons. The molecule has 1 aromatic rings. The van der Waals surface area contributed by atoms with Crippen LogP contribution in [0.2, 0.25) is 0 Å². The predicted octanol–water partition coefficient (Wildman–Crippen LogP) is 3.22. The van der Waals surface area contributed by atoms with Crippen LogP contribution < -0.4 is 10.6 Å². The molecule has 2 rings (SSSR count). The van der Waals surface area contributed by atoms with E-state index in [4.69, 9.17) is 13.7 Å². The van der Waals surface area contributed by atoms with Crippen LogP contribution in [0, 0.1) is 0 Å². The molecule has 22 heavy (non-hydrogen) atoms. The molecule has 0 N–H and O–H groups in total. The van der Waals surface area contributed by atoms with Crippen molar-refractivity contribution in [2.45, 2.75) is 65.6 Å². The first-order valence-corrected chi connectivity index (χ1v) is 8.12. The highest BCUT2D eigenvalue weighted by Crippen LogP contribution is 2.38. The molecule has 0 bridgehead atoms. The standard InChI is InChI=1S/C18H27BO3/c1-7-9-11-15(16-14(10-8-2)12-13-20-16)19-21-17(3,4)18(5,6)22-19/h9-13H,7-8H2,1-6H3. The van der Waals surface area contributed by atoms with E-state index in [0.29, 0.717) is 0 Å². The highest BCUT2D eigenvalue weighted by Gasteiger charge is 2.52. The van der Waals surface area contributed by atoms with Crippen LogP contribution in [0.1, 0.15) is 54.4 Å². The summed E-state index contributed by atoms with van der Waals surface area (Å²) in [4.78, 5) is 0. The summed E-state index contributed by atoms with van der Waals surface area (Å²) in [5, 5.41) is 1.09. The molecule has 120 valence electrons. The third-order valence-corrected chi connectivity index (χ3v) is 4.42. The highest BCUT2D eigenvalue weighted by molar-refractivity contribution is 6.67. The highest BCUT2D eigenvalue weighted by atomic mass is 16.7. The molecule has 0 saturated carbocycles. The molecule has 1 aliphatic rings. The van der Waals surface area contributed by atoms with Gasteiger partial charge in [0.2, 0.25) is 0 Å². The fraction of sp³-hybridized carbons (Fsp3) is 0.556. The van der Waals surface area contributed by atoms with Crippen molar-refractivity contribution in [1.29, 1.82) is 0 Å². The summed E-state index contributed by atoms with van der Waals surface area (Å²) in [5.74, 6) is 0. The molecule has 1 saturated heterocycles. The Balaban J connectivity index is 2.57. The zero-order chi connectivity index (χ0) is 16.4. The third kappa shape index (κ3) is 3.23. The normalized spacial score (nSPS) is 22.6. The molecule has 1 aromatic heterocycles. The molecule has 2 heterocycles. The van der Waals surface area contributed by atoms with Crippen LogP contribution in [0.5, 0.6) is 0 Å². The first-order chi connectivity index (χ1) is 10.3. The molecule has 0 unspecified atom stereocenters. The van der Waals surface area contributed by atoms with Crippen molar-refractivity contribution in [3.63, 3.8) is 0 Å². The second kappa shape index (κ2) is 6.47. The largest absolute Gasteiger partial charge is 0.498 e. The van der Waals surface area contributed by atoms with E-state index >= 15 is 0 Å². The van der Waals surface area contributed by atoms with Gasteiger partial charge in [-0.05, 0) is 46.6 Å². The van der Waals surface area contributed by atoms with Gasteiger partial charge in [0.25, 0.3) is 0 Å². The van der Waals surface area contributed by atoms with E-state index in [9.17, 15) is 0 Å². The summed E-state index contributed by atoms with van der Waals surface area (Å²) in [6.45, 7) is 12.5. The molecule has 0 atom stereocenters. The lowest BCUT2D eigenvalue weighted by Crippen LogP contribution is -2.41. The summed E-state index contributed by atoms with van der Waals surface area (Å²) in [7, 11) is -0.414. The molecular weight excluding hydrogens is 275 g/mol. The first kappa shape index (κ1) is 17.1. The summed E-state index contributed by atoms with van der Waals surface area (Å²) >= 11 is 0. The first-order valence-electron chi connectivity index (χ1n) is 8.12. The molecule has 0 aliphatic carbocycles. The maximum Gasteiger partial charge on any atom is 0.498 e. The van der Waals surface area contributed by atoms with Crippen LogP contribution in [-0.4, -0.2) is 18.3 Å². The van der Waals surface area contributed by atoms with Crippen molar-refractivity contribution in [1.82, 2.24) is 0 Å². The van der Waals surface area contributed by atoms with Gasteiger partial charge in [0.15, 0.2) is 0 Å². The maximum absolute atomic E-state index is 6.20. The van der Waals surface area contributed by atoms with Gasteiger partial charge in [0.1, 0.15) is 5.42 Å². The van der Waals surface area contributed by atoms with E-state index in [1.165, 1.54) is 0 Å². The van der Waals surface area contributed by atoms with E-state index in [0.717, 1.165) is 28.9 Å². The third-order valence-electron chi connectivity index (χ3n) is 4.42. The Kier molecular flexibility index (Phi) is 5.03. The monoisotopic (exact) mass is 302 g/mol. The van der Waals surface area contributed by atoms with Crippen LogP contribution in [0.3, 0.4) is 0 Å². The van der Waals surface area contributed by atoms with E-state index in [1.807, 2.05) is 6.07 Å². The summed E-state index contributed by atoms with van der Waals surface area (Å²) in [6, 6.07) is 1.99. The number of hydrogen-bond donors (Lipinski definition) is 0. The molecule has 0 aromatic carbocycles. The molecule has 3 nitrogen and oxygen atoms in total. The fourth-order valence-electron chi connectivity index (χ4n) is 2.41. The van der Waals surface area contributed by atoms with Crippen molar-refractivity contribution < 1.29 is 13.7 Å². The van der Waals surface area contributed by atoms with Gasteiger partial charge in [-0.15, -0.1) is 0 Å². The quantitative estimate of drug-likeness (QED) is 0.800. The Morgan fingerprint density at radius 1 is 1.09 bits per heavy atom. The molecule has 0 amide bonds. The number of rotatable bonds is 4.